The molecular formula is C20H22N4O2. The van der Waals surface area contributed by atoms with Gasteiger partial charge in [0.25, 0.3) is 0 Å². The molecule has 26 heavy (non-hydrogen) atoms. The SMILES string of the molecule is Oc1ccc(N2CCN(Cc3nc(Cc4ccccc4)no3)CC2)cc1. The summed E-state index contributed by atoms with van der Waals surface area (Å²) in [6.07, 6.45) is 0.693. The molecule has 3 aromatic rings. The molecule has 0 unspecified atom stereocenters. The van der Waals surface area contributed by atoms with E-state index in [0.717, 1.165) is 37.7 Å². The first-order valence-corrected chi connectivity index (χ1v) is 8.88. The minimum atomic E-state index is 0.301. The van der Waals surface area contributed by atoms with Crippen molar-refractivity contribution in [2.75, 3.05) is 31.1 Å². The molecule has 2 heterocycles. The lowest BCUT2D eigenvalue weighted by Crippen LogP contribution is -2.46. The summed E-state index contributed by atoms with van der Waals surface area (Å²) in [7, 11) is 0. The number of hydrogen-bond donors (Lipinski definition) is 1. The van der Waals surface area contributed by atoms with Crippen LogP contribution < -0.4 is 4.90 Å². The molecule has 1 saturated heterocycles. The van der Waals surface area contributed by atoms with E-state index in [9.17, 15) is 5.11 Å². The van der Waals surface area contributed by atoms with Crippen molar-refractivity contribution in [2.45, 2.75) is 13.0 Å². The number of hydrogen-bond acceptors (Lipinski definition) is 6. The van der Waals surface area contributed by atoms with Gasteiger partial charge in [0, 0.05) is 38.3 Å². The molecule has 1 aliphatic heterocycles. The first-order valence-electron chi connectivity index (χ1n) is 8.88. The summed E-state index contributed by atoms with van der Waals surface area (Å²) in [5.41, 5.74) is 2.33. The lowest BCUT2D eigenvalue weighted by molar-refractivity contribution is 0.215. The molecule has 134 valence electrons. The van der Waals surface area contributed by atoms with Crippen molar-refractivity contribution in [2.24, 2.45) is 0 Å². The van der Waals surface area contributed by atoms with Crippen LogP contribution in [0.2, 0.25) is 0 Å². The Balaban J connectivity index is 1.30. The van der Waals surface area contributed by atoms with Crippen LogP contribution in [0.1, 0.15) is 17.3 Å². The monoisotopic (exact) mass is 350 g/mol. The molecule has 0 amide bonds. The molecule has 6 nitrogen and oxygen atoms in total. The van der Waals surface area contributed by atoms with E-state index >= 15 is 0 Å². The first-order chi connectivity index (χ1) is 12.8. The van der Waals surface area contributed by atoms with Crippen LogP contribution in [0.4, 0.5) is 5.69 Å². The quantitative estimate of drug-likeness (QED) is 0.763. The highest BCUT2D eigenvalue weighted by Crippen LogP contribution is 2.20. The van der Waals surface area contributed by atoms with Crippen molar-refractivity contribution in [3.63, 3.8) is 0 Å². The van der Waals surface area contributed by atoms with Gasteiger partial charge in [-0.3, -0.25) is 4.90 Å². The summed E-state index contributed by atoms with van der Waals surface area (Å²) in [4.78, 5) is 9.18. The molecule has 2 aromatic carbocycles. The number of nitrogens with zero attached hydrogens (tertiary/aromatic N) is 4. The van der Waals surface area contributed by atoms with E-state index in [1.165, 1.54) is 5.56 Å². The molecule has 0 atom stereocenters. The molecule has 0 aliphatic carbocycles. The molecule has 1 fully saturated rings. The van der Waals surface area contributed by atoms with Gasteiger partial charge in [0.15, 0.2) is 5.82 Å². The third-order valence-corrected chi connectivity index (χ3v) is 4.66. The van der Waals surface area contributed by atoms with Crippen molar-refractivity contribution in [3.05, 3.63) is 71.9 Å². The lowest BCUT2D eigenvalue weighted by atomic mass is 10.1. The fourth-order valence-corrected chi connectivity index (χ4v) is 3.22. The van der Waals surface area contributed by atoms with Gasteiger partial charge in [-0.25, -0.2) is 0 Å². The van der Waals surface area contributed by atoms with Crippen LogP contribution in [-0.2, 0) is 13.0 Å². The first kappa shape index (κ1) is 16.6. The van der Waals surface area contributed by atoms with E-state index in [-0.39, 0.29) is 0 Å². The smallest absolute Gasteiger partial charge is 0.240 e. The van der Waals surface area contributed by atoms with Crippen molar-refractivity contribution in [3.8, 4) is 5.75 Å². The van der Waals surface area contributed by atoms with Crippen LogP contribution in [0.15, 0.2) is 59.1 Å². The molecule has 1 aliphatic rings. The predicted octanol–water partition coefficient (Wildman–Crippen LogP) is 2.69. The minimum Gasteiger partial charge on any atom is -0.508 e. The maximum atomic E-state index is 9.41. The maximum absolute atomic E-state index is 9.41. The van der Waals surface area contributed by atoms with Gasteiger partial charge in [-0.15, -0.1) is 0 Å². The molecule has 1 aromatic heterocycles. The largest absolute Gasteiger partial charge is 0.508 e. The summed E-state index contributed by atoms with van der Waals surface area (Å²) in [5, 5.41) is 13.5. The summed E-state index contributed by atoms with van der Waals surface area (Å²) >= 11 is 0. The summed E-state index contributed by atoms with van der Waals surface area (Å²) in [6.45, 7) is 4.45. The van der Waals surface area contributed by atoms with E-state index in [1.54, 1.807) is 12.1 Å². The Kier molecular flexibility index (Phi) is 4.84. The number of aromatic hydroxyl groups is 1. The number of rotatable bonds is 5. The van der Waals surface area contributed by atoms with Crippen LogP contribution in [0.5, 0.6) is 5.75 Å². The average molecular weight is 350 g/mol. The number of aromatic nitrogens is 2. The topological polar surface area (TPSA) is 65.6 Å². The Hall–Kier alpha value is -2.86. The number of phenolic OH excluding ortho intramolecular Hbond substituents is 1. The third-order valence-electron chi connectivity index (χ3n) is 4.66. The number of phenols is 1. The number of benzene rings is 2. The molecule has 6 heteroatoms. The third kappa shape index (κ3) is 4.03. The van der Waals surface area contributed by atoms with E-state index in [1.807, 2.05) is 30.3 Å². The van der Waals surface area contributed by atoms with Gasteiger partial charge in [0.1, 0.15) is 5.75 Å². The van der Waals surface area contributed by atoms with Gasteiger partial charge < -0.3 is 14.5 Å². The molecule has 0 spiro atoms. The Labute approximate surface area is 152 Å². The molecule has 1 N–H and O–H groups in total. The Morgan fingerprint density at radius 3 is 2.38 bits per heavy atom. The molecule has 0 saturated carbocycles. The van der Waals surface area contributed by atoms with Crippen LogP contribution >= 0.6 is 0 Å². The van der Waals surface area contributed by atoms with Gasteiger partial charge >= 0.3 is 0 Å². The molecule has 4 rings (SSSR count). The molecular weight excluding hydrogens is 328 g/mol. The van der Waals surface area contributed by atoms with Crippen molar-refractivity contribution in [1.82, 2.24) is 15.0 Å². The summed E-state index contributed by atoms with van der Waals surface area (Å²) < 4.78 is 5.42. The maximum Gasteiger partial charge on any atom is 0.240 e. The van der Waals surface area contributed by atoms with Crippen LogP contribution in [0.3, 0.4) is 0 Å². The highest BCUT2D eigenvalue weighted by Gasteiger charge is 2.19. The van der Waals surface area contributed by atoms with Gasteiger partial charge in [-0.05, 0) is 29.8 Å². The summed E-state index contributed by atoms with van der Waals surface area (Å²) in [5.74, 6) is 1.71. The van der Waals surface area contributed by atoms with Crippen LogP contribution in [0, 0.1) is 0 Å². The fourth-order valence-electron chi connectivity index (χ4n) is 3.22. The predicted molar refractivity (Wildman–Crippen MR) is 99.1 cm³/mol. The second-order valence-electron chi connectivity index (χ2n) is 6.55. The van der Waals surface area contributed by atoms with Crippen LogP contribution in [0.25, 0.3) is 0 Å². The average Bonchev–Trinajstić information content (AvgIpc) is 3.11. The van der Waals surface area contributed by atoms with Gasteiger partial charge in [0.2, 0.25) is 5.89 Å². The zero-order valence-corrected chi connectivity index (χ0v) is 14.6. The normalized spacial score (nSPS) is 15.3. The second kappa shape index (κ2) is 7.58. The number of piperazine rings is 1. The van der Waals surface area contributed by atoms with Gasteiger partial charge in [0.05, 0.1) is 6.54 Å². The standard InChI is InChI=1S/C20H22N4O2/c25-18-8-6-17(7-9-18)24-12-10-23(11-13-24)15-20-21-19(22-26-20)14-16-4-2-1-3-5-16/h1-9,25H,10-15H2. The van der Waals surface area contributed by atoms with E-state index < -0.39 is 0 Å². The highest BCUT2D eigenvalue weighted by molar-refractivity contribution is 5.49. The van der Waals surface area contributed by atoms with Crippen LogP contribution in [-0.4, -0.2) is 46.3 Å². The zero-order valence-electron chi connectivity index (χ0n) is 14.6. The van der Waals surface area contributed by atoms with Crippen molar-refractivity contribution < 1.29 is 9.63 Å². The fraction of sp³-hybridized carbons (Fsp3) is 0.300. The Morgan fingerprint density at radius 2 is 1.65 bits per heavy atom. The second-order valence-corrected chi connectivity index (χ2v) is 6.55. The molecule has 0 bridgehead atoms. The number of anilines is 1. The van der Waals surface area contributed by atoms with Crippen molar-refractivity contribution in [1.29, 1.82) is 0 Å². The zero-order chi connectivity index (χ0) is 17.8. The minimum absolute atomic E-state index is 0.301. The highest BCUT2D eigenvalue weighted by atomic mass is 16.5. The Morgan fingerprint density at radius 1 is 0.923 bits per heavy atom. The summed E-state index contributed by atoms with van der Waals surface area (Å²) in [6, 6.07) is 17.6. The van der Waals surface area contributed by atoms with E-state index in [0.29, 0.717) is 24.6 Å². The lowest BCUT2D eigenvalue weighted by Gasteiger charge is -2.35. The van der Waals surface area contributed by atoms with E-state index in [4.69, 9.17) is 4.52 Å². The van der Waals surface area contributed by atoms with E-state index in [2.05, 4.69) is 32.1 Å². The van der Waals surface area contributed by atoms with Gasteiger partial charge in [-0.1, -0.05) is 35.5 Å². The Bertz CT molecular complexity index is 825. The molecule has 0 radical (unpaired) electrons. The van der Waals surface area contributed by atoms with Gasteiger partial charge in [-0.2, -0.15) is 4.98 Å². The van der Waals surface area contributed by atoms with Crippen molar-refractivity contribution >= 4 is 5.69 Å².